The van der Waals surface area contributed by atoms with E-state index in [0.29, 0.717) is 10.9 Å². The monoisotopic (exact) mass is 267 g/mol. The first-order chi connectivity index (χ1) is 8.32. The van der Waals surface area contributed by atoms with Crippen molar-refractivity contribution >= 4 is 17.5 Å². The number of hydrogen-bond acceptors (Lipinski definition) is 1. The average molecular weight is 268 g/mol. The van der Waals surface area contributed by atoms with Crippen molar-refractivity contribution in [2.75, 3.05) is 0 Å². The van der Waals surface area contributed by atoms with Crippen LogP contribution in [0.4, 0.5) is 0 Å². The maximum absolute atomic E-state index is 11.7. The summed E-state index contributed by atoms with van der Waals surface area (Å²) >= 11 is 6.28. The molecule has 1 unspecified atom stereocenters. The molecule has 0 radical (unpaired) electrons. The van der Waals surface area contributed by atoms with Gasteiger partial charge in [0.05, 0.1) is 5.41 Å². The number of nitrogens with two attached hydrogens (primary N) is 1. The zero-order chi connectivity index (χ0) is 13.9. The molecule has 0 aliphatic rings. The van der Waals surface area contributed by atoms with Crippen LogP contribution in [0.1, 0.15) is 57.6 Å². The van der Waals surface area contributed by atoms with E-state index in [1.165, 1.54) is 0 Å². The summed E-state index contributed by atoms with van der Waals surface area (Å²) in [6, 6.07) is 5.86. The summed E-state index contributed by atoms with van der Waals surface area (Å²) in [4.78, 5) is 11.7. The molecule has 1 atom stereocenters. The molecule has 1 rings (SSSR count). The molecule has 0 saturated carbocycles. The van der Waals surface area contributed by atoms with Crippen LogP contribution in [0, 0.1) is 0 Å². The minimum absolute atomic E-state index is 0.294. The summed E-state index contributed by atoms with van der Waals surface area (Å²) in [5, 5.41) is 0.714. The highest BCUT2D eigenvalue weighted by molar-refractivity contribution is 6.31. The standard InChI is InChI=1S/C15H22ClNO/c1-5-8-15(4,14(17)18)11-6-7-12(10(2)3)13(16)9-11/h6-7,9-10H,5,8H2,1-4H3,(H2,17,18). The molecule has 0 saturated heterocycles. The first-order valence-corrected chi connectivity index (χ1v) is 6.80. The molecule has 0 bridgehead atoms. The molecule has 0 spiro atoms. The lowest BCUT2D eigenvalue weighted by molar-refractivity contribution is -0.123. The highest BCUT2D eigenvalue weighted by atomic mass is 35.5. The van der Waals surface area contributed by atoms with Gasteiger partial charge in [-0.3, -0.25) is 4.79 Å². The molecule has 0 fully saturated rings. The molecule has 2 N–H and O–H groups in total. The molecular formula is C15H22ClNO. The SMILES string of the molecule is CCCC(C)(C(N)=O)c1ccc(C(C)C)c(Cl)c1. The summed E-state index contributed by atoms with van der Waals surface area (Å²) in [5.74, 6) is 0.0790. The van der Waals surface area contributed by atoms with Gasteiger partial charge in [0, 0.05) is 5.02 Å². The quantitative estimate of drug-likeness (QED) is 0.861. The Bertz CT molecular complexity index is 442. The topological polar surface area (TPSA) is 43.1 Å². The van der Waals surface area contributed by atoms with Crippen LogP contribution in [0.2, 0.25) is 5.02 Å². The Hall–Kier alpha value is -1.02. The number of hydrogen-bond donors (Lipinski definition) is 1. The minimum Gasteiger partial charge on any atom is -0.369 e. The number of benzene rings is 1. The molecule has 0 aliphatic heterocycles. The third-order valence-electron chi connectivity index (χ3n) is 3.55. The second kappa shape index (κ2) is 5.75. The molecule has 18 heavy (non-hydrogen) atoms. The molecule has 0 aromatic heterocycles. The normalized spacial score (nSPS) is 14.6. The van der Waals surface area contributed by atoms with Crippen molar-refractivity contribution in [2.45, 2.75) is 51.9 Å². The second-order valence-corrected chi connectivity index (χ2v) is 5.74. The van der Waals surface area contributed by atoms with Gasteiger partial charge in [0.1, 0.15) is 0 Å². The molecular weight excluding hydrogens is 246 g/mol. The third-order valence-corrected chi connectivity index (χ3v) is 3.88. The van der Waals surface area contributed by atoms with E-state index in [0.717, 1.165) is 24.0 Å². The number of amides is 1. The molecule has 1 aromatic carbocycles. The van der Waals surface area contributed by atoms with Crippen molar-refractivity contribution < 1.29 is 4.79 Å². The minimum atomic E-state index is -0.631. The van der Waals surface area contributed by atoms with Crippen molar-refractivity contribution in [2.24, 2.45) is 5.73 Å². The maximum atomic E-state index is 11.7. The van der Waals surface area contributed by atoms with Gasteiger partial charge in [-0.25, -0.2) is 0 Å². The van der Waals surface area contributed by atoms with Gasteiger partial charge >= 0.3 is 0 Å². The van der Waals surface area contributed by atoms with Gasteiger partial charge in [0.25, 0.3) is 0 Å². The van der Waals surface area contributed by atoms with E-state index < -0.39 is 5.41 Å². The third kappa shape index (κ3) is 2.86. The van der Waals surface area contributed by atoms with Crippen LogP contribution in [0.5, 0.6) is 0 Å². The summed E-state index contributed by atoms with van der Waals surface area (Å²) in [6.45, 7) is 8.13. The van der Waals surface area contributed by atoms with Crippen LogP contribution in [0.3, 0.4) is 0 Å². The van der Waals surface area contributed by atoms with Gasteiger partial charge in [0.2, 0.25) is 5.91 Å². The fourth-order valence-corrected chi connectivity index (χ4v) is 2.65. The fourth-order valence-electron chi connectivity index (χ4n) is 2.25. The van der Waals surface area contributed by atoms with Gasteiger partial charge in [-0.15, -0.1) is 0 Å². The molecule has 0 heterocycles. The highest BCUT2D eigenvalue weighted by Crippen LogP contribution is 2.33. The van der Waals surface area contributed by atoms with Gasteiger partial charge in [-0.1, -0.05) is 50.9 Å². The van der Waals surface area contributed by atoms with Crippen molar-refractivity contribution in [1.82, 2.24) is 0 Å². The Morgan fingerprint density at radius 1 is 1.44 bits per heavy atom. The highest BCUT2D eigenvalue weighted by Gasteiger charge is 2.32. The van der Waals surface area contributed by atoms with Crippen molar-refractivity contribution in [1.29, 1.82) is 0 Å². The second-order valence-electron chi connectivity index (χ2n) is 5.34. The molecule has 0 aliphatic carbocycles. The Balaban J connectivity index is 3.23. The smallest absolute Gasteiger partial charge is 0.227 e. The largest absolute Gasteiger partial charge is 0.369 e. The van der Waals surface area contributed by atoms with E-state index in [9.17, 15) is 4.79 Å². The molecule has 3 heteroatoms. The van der Waals surface area contributed by atoms with E-state index in [1.807, 2.05) is 32.0 Å². The summed E-state index contributed by atoms with van der Waals surface area (Å²) in [5.41, 5.74) is 6.93. The van der Waals surface area contributed by atoms with E-state index in [2.05, 4.69) is 13.8 Å². The average Bonchev–Trinajstić information content (AvgIpc) is 2.28. The molecule has 1 amide bonds. The first-order valence-electron chi connectivity index (χ1n) is 6.42. The van der Waals surface area contributed by atoms with Crippen LogP contribution < -0.4 is 5.73 Å². The van der Waals surface area contributed by atoms with Crippen LogP contribution in [0.25, 0.3) is 0 Å². The predicted octanol–water partition coefficient (Wildman–Crippen LogP) is 4.01. The van der Waals surface area contributed by atoms with Crippen molar-refractivity contribution in [3.8, 4) is 0 Å². The zero-order valence-electron chi connectivity index (χ0n) is 11.6. The van der Waals surface area contributed by atoms with E-state index in [1.54, 1.807) is 0 Å². The Kier molecular flexibility index (Phi) is 4.80. The van der Waals surface area contributed by atoms with Crippen LogP contribution in [0.15, 0.2) is 18.2 Å². The zero-order valence-corrected chi connectivity index (χ0v) is 12.3. The van der Waals surface area contributed by atoms with Crippen LogP contribution in [-0.2, 0) is 10.2 Å². The van der Waals surface area contributed by atoms with Crippen LogP contribution in [-0.4, -0.2) is 5.91 Å². The predicted molar refractivity (Wildman–Crippen MR) is 77.0 cm³/mol. The Labute approximate surface area is 115 Å². The number of carbonyl (C=O) groups excluding carboxylic acids is 1. The molecule has 100 valence electrons. The lowest BCUT2D eigenvalue weighted by atomic mass is 9.77. The number of primary amides is 1. The van der Waals surface area contributed by atoms with Gasteiger partial charge in [-0.2, -0.15) is 0 Å². The van der Waals surface area contributed by atoms with E-state index in [4.69, 9.17) is 17.3 Å². The molecule has 1 aromatic rings. The number of halogens is 1. The van der Waals surface area contributed by atoms with Crippen molar-refractivity contribution in [3.63, 3.8) is 0 Å². The summed E-state index contributed by atoms with van der Waals surface area (Å²) < 4.78 is 0. The van der Waals surface area contributed by atoms with Crippen LogP contribution >= 0.6 is 11.6 Å². The van der Waals surface area contributed by atoms with Gasteiger partial charge in [-0.05, 0) is 36.5 Å². The van der Waals surface area contributed by atoms with Crippen molar-refractivity contribution in [3.05, 3.63) is 34.3 Å². The Morgan fingerprint density at radius 2 is 2.06 bits per heavy atom. The van der Waals surface area contributed by atoms with Gasteiger partial charge in [0.15, 0.2) is 0 Å². The lowest BCUT2D eigenvalue weighted by Crippen LogP contribution is -2.38. The fraction of sp³-hybridized carbons (Fsp3) is 0.533. The number of rotatable bonds is 5. The van der Waals surface area contributed by atoms with E-state index in [-0.39, 0.29) is 5.91 Å². The maximum Gasteiger partial charge on any atom is 0.227 e. The van der Waals surface area contributed by atoms with Gasteiger partial charge < -0.3 is 5.73 Å². The summed E-state index contributed by atoms with van der Waals surface area (Å²) in [7, 11) is 0. The number of carbonyl (C=O) groups is 1. The first kappa shape index (κ1) is 15.0. The molecule has 2 nitrogen and oxygen atoms in total. The Morgan fingerprint density at radius 3 is 2.44 bits per heavy atom. The van der Waals surface area contributed by atoms with E-state index >= 15 is 0 Å². The lowest BCUT2D eigenvalue weighted by Gasteiger charge is -2.27. The summed E-state index contributed by atoms with van der Waals surface area (Å²) in [6.07, 6.45) is 1.64.